The molecule has 0 radical (unpaired) electrons. The molecule has 0 saturated carbocycles. The number of amides is 1. The second kappa shape index (κ2) is 6.34. The largest absolute Gasteiger partial charge is 0.350 e. The number of hydrogen-bond donors (Lipinski definition) is 1. The van der Waals surface area contributed by atoms with Gasteiger partial charge in [0.15, 0.2) is 0 Å². The van der Waals surface area contributed by atoms with Crippen LogP contribution in [0.25, 0.3) is 0 Å². The summed E-state index contributed by atoms with van der Waals surface area (Å²) < 4.78 is 1.15. The van der Waals surface area contributed by atoms with Crippen molar-refractivity contribution in [1.29, 1.82) is 0 Å². The number of aromatic nitrogens is 2. The van der Waals surface area contributed by atoms with Gasteiger partial charge >= 0.3 is 0 Å². The lowest BCUT2D eigenvalue weighted by Gasteiger charge is -2.13. The molecular formula is C14H14ClN3O2. The van der Waals surface area contributed by atoms with Crippen LogP contribution < -0.4 is 10.9 Å². The van der Waals surface area contributed by atoms with E-state index < -0.39 is 6.04 Å². The van der Waals surface area contributed by atoms with E-state index in [0.29, 0.717) is 11.6 Å². The zero-order valence-electron chi connectivity index (χ0n) is 10.9. The van der Waals surface area contributed by atoms with Gasteiger partial charge in [-0.3, -0.25) is 9.59 Å². The summed E-state index contributed by atoms with van der Waals surface area (Å²) in [7, 11) is 0. The van der Waals surface area contributed by atoms with Crippen molar-refractivity contribution in [1.82, 2.24) is 15.1 Å². The van der Waals surface area contributed by atoms with Crippen molar-refractivity contribution in [3.05, 3.63) is 63.5 Å². The van der Waals surface area contributed by atoms with Crippen LogP contribution in [0.5, 0.6) is 0 Å². The lowest BCUT2D eigenvalue weighted by Crippen LogP contribution is -2.36. The van der Waals surface area contributed by atoms with Crippen LogP contribution in [-0.2, 0) is 11.3 Å². The predicted molar refractivity (Wildman–Crippen MR) is 76.5 cm³/mol. The summed E-state index contributed by atoms with van der Waals surface area (Å²) in [5.41, 5.74) is 0.630. The van der Waals surface area contributed by atoms with Crippen LogP contribution in [-0.4, -0.2) is 15.7 Å². The van der Waals surface area contributed by atoms with Crippen molar-refractivity contribution in [2.24, 2.45) is 0 Å². The van der Waals surface area contributed by atoms with Crippen LogP contribution in [0.1, 0.15) is 18.5 Å². The Labute approximate surface area is 121 Å². The lowest BCUT2D eigenvalue weighted by atomic mass is 10.2. The lowest BCUT2D eigenvalue weighted by molar-refractivity contribution is -0.124. The summed E-state index contributed by atoms with van der Waals surface area (Å²) in [6.07, 6.45) is 1.48. The highest BCUT2D eigenvalue weighted by Crippen LogP contribution is 2.09. The maximum atomic E-state index is 12.0. The second-order valence-corrected chi connectivity index (χ2v) is 4.76. The summed E-state index contributed by atoms with van der Waals surface area (Å²) in [5, 5.41) is 7.30. The number of hydrogen-bond acceptors (Lipinski definition) is 3. The van der Waals surface area contributed by atoms with Gasteiger partial charge in [-0.25, -0.2) is 4.68 Å². The smallest absolute Gasteiger partial charge is 0.267 e. The predicted octanol–water partition coefficient (Wildman–Crippen LogP) is 1.77. The minimum atomic E-state index is -0.656. The fourth-order valence-corrected chi connectivity index (χ4v) is 1.84. The quantitative estimate of drug-likeness (QED) is 0.934. The van der Waals surface area contributed by atoms with Gasteiger partial charge in [-0.15, -0.1) is 0 Å². The third-order valence-corrected chi connectivity index (χ3v) is 3.12. The first-order chi connectivity index (χ1) is 9.58. The molecule has 104 valence electrons. The van der Waals surface area contributed by atoms with E-state index in [-0.39, 0.29) is 11.5 Å². The Morgan fingerprint density at radius 1 is 1.35 bits per heavy atom. The van der Waals surface area contributed by atoms with Gasteiger partial charge in [-0.1, -0.05) is 23.7 Å². The number of nitrogens with one attached hydrogen (secondary N) is 1. The Morgan fingerprint density at radius 3 is 2.70 bits per heavy atom. The van der Waals surface area contributed by atoms with E-state index in [4.69, 9.17) is 11.6 Å². The SMILES string of the molecule is CC(C(=O)NCc1ccc(Cl)cc1)n1ncccc1=O. The molecule has 0 fully saturated rings. The van der Waals surface area contributed by atoms with Crippen LogP contribution in [0.15, 0.2) is 47.4 Å². The molecule has 0 aliphatic carbocycles. The number of nitrogens with zero attached hydrogens (tertiary/aromatic N) is 2. The summed E-state index contributed by atoms with van der Waals surface area (Å²) in [6.45, 7) is 2.01. The van der Waals surface area contributed by atoms with Crippen LogP contribution in [0, 0.1) is 0 Å². The topological polar surface area (TPSA) is 64.0 Å². The molecule has 0 aliphatic rings. The molecule has 1 heterocycles. The number of rotatable bonds is 4. The van der Waals surface area contributed by atoms with Crippen LogP contribution in [0.4, 0.5) is 0 Å². The maximum Gasteiger partial charge on any atom is 0.267 e. The molecule has 2 rings (SSSR count). The summed E-state index contributed by atoms with van der Waals surface area (Å²) in [5.74, 6) is -0.263. The van der Waals surface area contributed by atoms with E-state index in [1.165, 1.54) is 18.3 Å². The van der Waals surface area contributed by atoms with Crippen molar-refractivity contribution in [2.45, 2.75) is 19.5 Å². The number of halogens is 1. The molecule has 1 unspecified atom stereocenters. The molecule has 6 heteroatoms. The monoisotopic (exact) mass is 291 g/mol. The Bertz CT molecular complexity index is 652. The zero-order valence-corrected chi connectivity index (χ0v) is 11.7. The third kappa shape index (κ3) is 3.45. The van der Waals surface area contributed by atoms with Gasteiger partial charge in [0.25, 0.3) is 5.56 Å². The minimum Gasteiger partial charge on any atom is -0.350 e. The molecule has 0 spiro atoms. The zero-order chi connectivity index (χ0) is 14.5. The van der Waals surface area contributed by atoms with E-state index in [2.05, 4.69) is 10.4 Å². The summed E-state index contributed by atoms with van der Waals surface area (Å²) >= 11 is 5.79. The Hall–Kier alpha value is -2.14. The number of benzene rings is 1. The van der Waals surface area contributed by atoms with Gasteiger partial charge in [0, 0.05) is 23.8 Å². The van der Waals surface area contributed by atoms with E-state index >= 15 is 0 Å². The number of carbonyl (C=O) groups excluding carboxylic acids is 1. The molecule has 0 saturated heterocycles. The van der Waals surface area contributed by atoms with Gasteiger partial charge in [0.05, 0.1) is 0 Å². The van der Waals surface area contributed by atoms with E-state index in [1.54, 1.807) is 19.1 Å². The van der Waals surface area contributed by atoms with Crippen molar-refractivity contribution in [3.63, 3.8) is 0 Å². The van der Waals surface area contributed by atoms with Gasteiger partial charge in [0.1, 0.15) is 6.04 Å². The molecule has 0 bridgehead atoms. The van der Waals surface area contributed by atoms with Gasteiger partial charge < -0.3 is 5.32 Å². The molecule has 0 aliphatic heterocycles. The van der Waals surface area contributed by atoms with E-state index in [1.807, 2.05) is 12.1 Å². The van der Waals surface area contributed by atoms with Crippen molar-refractivity contribution in [3.8, 4) is 0 Å². The third-order valence-electron chi connectivity index (χ3n) is 2.87. The summed E-state index contributed by atoms with van der Waals surface area (Å²) in [4.78, 5) is 23.6. The molecule has 1 N–H and O–H groups in total. The molecule has 1 aromatic carbocycles. The Kier molecular flexibility index (Phi) is 4.53. The van der Waals surface area contributed by atoms with Crippen LogP contribution in [0.3, 0.4) is 0 Å². The Balaban J connectivity index is 2.00. The fourth-order valence-electron chi connectivity index (χ4n) is 1.71. The molecule has 20 heavy (non-hydrogen) atoms. The average molecular weight is 292 g/mol. The fraction of sp³-hybridized carbons (Fsp3) is 0.214. The highest BCUT2D eigenvalue weighted by molar-refractivity contribution is 6.30. The molecule has 1 aromatic heterocycles. The van der Waals surface area contributed by atoms with E-state index in [9.17, 15) is 9.59 Å². The average Bonchev–Trinajstić information content (AvgIpc) is 2.46. The first-order valence-electron chi connectivity index (χ1n) is 6.14. The highest BCUT2D eigenvalue weighted by Gasteiger charge is 2.16. The molecule has 2 aromatic rings. The number of carbonyl (C=O) groups is 1. The Morgan fingerprint density at radius 2 is 2.05 bits per heavy atom. The van der Waals surface area contributed by atoms with Crippen LogP contribution >= 0.6 is 11.6 Å². The highest BCUT2D eigenvalue weighted by atomic mass is 35.5. The standard InChI is InChI=1S/C14H14ClN3O2/c1-10(18-13(19)3-2-8-17-18)14(20)16-9-11-4-6-12(15)7-5-11/h2-8,10H,9H2,1H3,(H,16,20). The van der Waals surface area contributed by atoms with Gasteiger partial charge in [-0.05, 0) is 30.7 Å². The van der Waals surface area contributed by atoms with Gasteiger partial charge in [0.2, 0.25) is 5.91 Å². The molecule has 1 atom stereocenters. The van der Waals surface area contributed by atoms with Crippen LogP contribution in [0.2, 0.25) is 5.02 Å². The molecule has 1 amide bonds. The van der Waals surface area contributed by atoms with Crippen molar-refractivity contribution >= 4 is 17.5 Å². The molecular weight excluding hydrogens is 278 g/mol. The summed E-state index contributed by atoms with van der Waals surface area (Å²) in [6, 6.07) is 9.44. The maximum absolute atomic E-state index is 12.0. The minimum absolute atomic E-state index is 0.263. The second-order valence-electron chi connectivity index (χ2n) is 4.33. The van der Waals surface area contributed by atoms with Crippen molar-refractivity contribution in [2.75, 3.05) is 0 Å². The van der Waals surface area contributed by atoms with Gasteiger partial charge in [-0.2, -0.15) is 5.10 Å². The first-order valence-corrected chi connectivity index (χ1v) is 6.52. The molecule has 5 nitrogen and oxygen atoms in total. The van der Waals surface area contributed by atoms with Crippen molar-refractivity contribution < 1.29 is 4.79 Å². The van der Waals surface area contributed by atoms with E-state index in [0.717, 1.165) is 10.2 Å². The normalized spacial score (nSPS) is 11.9. The first kappa shape index (κ1) is 14.3.